The van der Waals surface area contributed by atoms with Gasteiger partial charge in [-0.05, 0) is 43.7 Å². The largest absolute Gasteiger partial charge is 0.368 e. The summed E-state index contributed by atoms with van der Waals surface area (Å²) in [5, 5.41) is 3.30. The van der Waals surface area contributed by atoms with Gasteiger partial charge < -0.3 is 5.32 Å². The molecule has 132 valence electrons. The van der Waals surface area contributed by atoms with Crippen LogP contribution in [0.3, 0.4) is 0 Å². The van der Waals surface area contributed by atoms with Crippen LogP contribution in [-0.4, -0.2) is 15.6 Å². The van der Waals surface area contributed by atoms with Gasteiger partial charge in [-0.25, -0.2) is 18.1 Å². The average molecular weight is 347 g/mol. The van der Waals surface area contributed by atoms with Gasteiger partial charge in [0.15, 0.2) is 0 Å². The molecule has 25 heavy (non-hydrogen) atoms. The lowest BCUT2D eigenvalue weighted by Crippen LogP contribution is -2.42. The summed E-state index contributed by atoms with van der Waals surface area (Å²) in [5.74, 6) is -0.653. The Balaban J connectivity index is 1.75. The highest BCUT2D eigenvalue weighted by Crippen LogP contribution is 2.33. The third-order valence-electron chi connectivity index (χ3n) is 5.31. The minimum atomic E-state index is -0.835. The lowest BCUT2D eigenvalue weighted by Gasteiger charge is -2.30. The van der Waals surface area contributed by atoms with Crippen molar-refractivity contribution < 1.29 is 8.78 Å². The summed E-state index contributed by atoms with van der Waals surface area (Å²) in [5.41, 5.74) is -0.877. The van der Waals surface area contributed by atoms with Gasteiger partial charge in [0.05, 0.1) is 11.3 Å². The fourth-order valence-corrected chi connectivity index (χ4v) is 4.10. The maximum Gasteiger partial charge on any atom is 0.334 e. The first-order valence-corrected chi connectivity index (χ1v) is 8.64. The predicted octanol–water partition coefficient (Wildman–Crippen LogP) is 2.72. The van der Waals surface area contributed by atoms with Gasteiger partial charge in [-0.2, -0.15) is 0 Å². The molecule has 5 nitrogen and oxygen atoms in total. The van der Waals surface area contributed by atoms with Crippen LogP contribution in [-0.2, 0) is 6.42 Å². The number of aromatic nitrogens is 2. The molecule has 0 radical (unpaired) electrons. The number of rotatable bonds is 2. The molecule has 0 bridgehead atoms. The molecule has 1 saturated carbocycles. The second kappa shape index (κ2) is 6.13. The van der Waals surface area contributed by atoms with E-state index in [4.69, 9.17) is 0 Å². The summed E-state index contributed by atoms with van der Waals surface area (Å²) in [7, 11) is 0. The molecule has 1 fully saturated rings. The van der Waals surface area contributed by atoms with Crippen LogP contribution in [0.4, 0.5) is 14.6 Å². The quantitative estimate of drug-likeness (QED) is 0.878. The molecule has 0 saturated heterocycles. The molecule has 7 heteroatoms. The summed E-state index contributed by atoms with van der Waals surface area (Å²) in [6.45, 7) is 0. The summed E-state index contributed by atoms with van der Waals surface area (Å²) in [6.07, 6.45) is 6.12. The lowest BCUT2D eigenvalue weighted by molar-refractivity contribution is 0.423. The summed E-state index contributed by atoms with van der Waals surface area (Å²) >= 11 is 0. The molecule has 1 atom stereocenters. The Morgan fingerprint density at radius 1 is 1.00 bits per heavy atom. The SMILES string of the molecule is O=c1[nH]c2c(c(=O)n1-c1cc(F)cc(F)c1)CC[C@H](C1CCCC1)N2. The molecule has 1 aromatic carbocycles. The molecular formula is C18H19F2N3O2. The van der Waals surface area contributed by atoms with E-state index in [1.54, 1.807) is 0 Å². The van der Waals surface area contributed by atoms with Crippen LogP contribution in [0.25, 0.3) is 5.69 Å². The highest BCUT2D eigenvalue weighted by Gasteiger charge is 2.30. The van der Waals surface area contributed by atoms with Crippen molar-refractivity contribution in [1.82, 2.24) is 9.55 Å². The van der Waals surface area contributed by atoms with Crippen LogP contribution in [0.2, 0.25) is 0 Å². The number of hydrogen-bond acceptors (Lipinski definition) is 3. The Morgan fingerprint density at radius 2 is 1.68 bits per heavy atom. The van der Waals surface area contributed by atoms with E-state index in [0.717, 1.165) is 36.0 Å². The van der Waals surface area contributed by atoms with Crippen LogP contribution < -0.4 is 16.6 Å². The molecule has 2 N–H and O–H groups in total. The number of H-pyrrole nitrogens is 1. The molecule has 0 spiro atoms. The van der Waals surface area contributed by atoms with Gasteiger partial charge in [0.2, 0.25) is 0 Å². The van der Waals surface area contributed by atoms with Crippen LogP contribution in [0.1, 0.15) is 37.7 Å². The highest BCUT2D eigenvalue weighted by atomic mass is 19.1. The van der Waals surface area contributed by atoms with Crippen molar-refractivity contribution in [1.29, 1.82) is 0 Å². The Kier molecular flexibility index (Phi) is 3.94. The van der Waals surface area contributed by atoms with E-state index >= 15 is 0 Å². The Hall–Kier alpha value is -2.44. The number of benzene rings is 1. The molecule has 1 aliphatic carbocycles. The number of fused-ring (bicyclic) bond motifs is 1. The molecule has 1 aromatic heterocycles. The van der Waals surface area contributed by atoms with E-state index in [-0.39, 0.29) is 11.7 Å². The van der Waals surface area contributed by atoms with Crippen LogP contribution in [0, 0.1) is 17.6 Å². The van der Waals surface area contributed by atoms with Gasteiger partial charge in [0.1, 0.15) is 17.5 Å². The number of nitrogens with zero attached hydrogens (tertiary/aromatic N) is 1. The Bertz CT molecular complexity index is 909. The fraction of sp³-hybridized carbons (Fsp3) is 0.444. The summed E-state index contributed by atoms with van der Waals surface area (Å²) < 4.78 is 27.7. The normalized spacial score (nSPS) is 20.3. The molecule has 4 rings (SSSR count). The monoisotopic (exact) mass is 347 g/mol. The molecule has 0 unspecified atom stereocenters. The number of nitrogens with one attached hydrogen (secondary N) is 2. The third-order valence-corrected chi connectivity index (χ3v) is 5.31. The molecule has 2 aromatic rings. The smallest absolute Gasteiger partial charge is 0.334 e. The van der Waals surface area contributed by atoms with Gasteiger partial charge >= 0.3 is 5.69 Å². The van der Waals surface area contributed by atoms with Crippen molar-refractivity contribution in [2.45, 2.75) is 44.6 Å². The molecule has 2 aliphatic rings. The van der Waals surface area contributed by atoms with E-state index in [1.165, 1.54) is 12.8 Å². The maximum atomic E-state index is 13.5. The number of halogens is 2. The Labute approximate surface area is 142 Å². The zero-order valence-electron chi connectivity index (χ0n) is 13.6. The van der Waals surface area contributed by atoms with Crippen molar-refractivity contribution in [2.24, 2.45) is 5.92 Å². The number of hydrogen-bond donors (Lipinski definition) is 2. The first-order chi connectivity index (χ1) is 12.0. The van der Waals surface area contributed by atoms with Gasteiger partial charge in [-0.3, -0.25) is 9.78 Å². The second-order valence-electron chi connectivity index (χ2n) is 6.89. The summed E-state index contributed by atoms with van der Waals surface area (Å²) in [4.78, 5) is 27.8. The number of aromatic amines is 1. The zero-order valence-corrected chi connectivity index (χ0v) is 13.6. The fourth-order valence-electron chi connectivity index (χ4n) is 4.10. The van der Waals surface area contributed by atoms with Crippen molar-refractivity contribution >= 4 is 5.82 Å². The van der Waals surface area contributed by atoms with E-state index < -0.39 is 22.9 Å². The van der Waals surface area contributed by atoms with Gasteiger partial charge in [-0.1, -0.05) is 12.8 Å². The second-order valence-corrected chi connectivity index (χ2v) is 6.89. The topological polar surface area (TPSA) is 66.9 Å². The van der Waals surface area contributed by atoms with Crippen molar-refractivity contribution in [3.63, 3.8) is 0 Å². The molecule has 2 heterocycles. The van der Waals surface area contributed by atoms with Gasteiger partial charge in [0.25, 0.3) is 5.56 Å². The van der Waals surface area contributed by atoms with Crippen LogP contribution in [0.5, 0.6) is 0 Å². The predicted molar refractivity (Wildman–Crippen MR) is 90.3 cm³/mol. The van der Waals surface area contributed by atoms with E-state index in [1.807, 2.05) is 0 Å². The van der Waals surface area contributed by atoms with Crippen molar-refractivity contribution in [3.8, 4) is 5.69 Å². The highest BCUT2D eigenvalue weighted by molar-refractivity contribution is 5.48. The van der Waals surface area contributed by atoms with Crippen LogP contribution in [0.15, 0.2) is 27.8 Å². The minimum Gasteiger partial charge on any atom is -0.368 e. The van der Waals surface area contributed by atoms with E-state index in [0.29, 0.717) is 29.8 Å². The third kappa shape index (κ3) is 2.88. The summed E-state index contributed by atoms with van der Waals surface area (Å²) in [6, 6.07) is 2.91. The van der Waals surface area contributed by atoms with Crippen molar-refractivity contribution in [2.75, 3.05) is 5.32 Å². The van der Waals surface area contributed by atoms with Gasteiger partial charge in [0, 0.05) is 12.1 Å². The molecular weight excluding hydrogens is 328 g/mol. The maximum absolute atomic E-state index is 13.5. The Morgan fingerprint density at radius 3 is 2.36 bits per heavy atom. The van der Waals surface area contributed by atoms with Crippen molar-refractivity contribution in [3.05, 3.63) is 56.2 Å². The first-order valence-electron chi connectivity index (χ1n) is 8.64. The van der Waals surface area contributed by atoms with Crippen LogP contribution >= 0.6 is 0 Å². The lowest BCUT2D eigenvalue weighted by atomic mass is 9.90. The average Bonchev–Trinajstić information content (AvgIpc) is 3.08. The van der Waals surface area contributed by atoms with E-state index in [9.17, 15) is 18.4 Å². The standard InChI is InChI=1S/C18H19F2N3O2/c19-11-7-12(20)9-13(8-11)23-17(24)14-5-6-15(10-3-1-2-4-10)21-16(14)22-18(23)25/h7-10,15,21H,1-6H2,(H,22,25)/t15-/m1/s1. The minimum absolute atomic E-state index is 0.107. The first kappa shape index (κ1) is 16.1. The van der Waals surface area contributed by atoms with Gasteiger partial charge in [-0.15, -0.1) is 0 Å². The molecule has 1 aliphatic heterocycles. The number of anilines is 1. The zero-order chi connectivity index (χ0) is 17.6. The van der Waals surface area contributed by atoms with E-state index in [2.05, 4.69) is 10.3 Å². The molecule has 0 amide bonds.